The lowest BCUT2D eigenvalue weighted by Crippen LogP contribution is -2.25. The van der Waals surface area contributed by atoms with Crippen LogP contribution in [0.25, 0.3) is 5.57 Å². The van der Waals surface area contributed by atoms with Crippen LogP contribution in [0.1, 0.15) is 33.3 Å². The lowest BCUT2D eigenvalue weighted by Gasteiger charge is -2.07. The monoisotopic (exact) mass is 268 g/mol. The van der Waals surface area contributed by atoms with E-state index in [1.54, 1.807) is 6.07 Å². The summed E-state index contributed by atoms with van der Waals surface area (Å²) in [4.78, 5) is 25.9. The Kier molecular flexibility index (Phi) is 4.15. The molecule has 102 valence electrons. The van der Waals surface area contributed by atoms with Crippen LogP contribution in [0.5, 0.6) is 0 Å². The minimum absolute atomic E-state index is 0.0750. The molecule has 0 unspecified atom stereocenters. The highest BCUT2D eigenvalue weighted by Crippen LogP contribution is 2.10. The van der Waals surface area contributed by atoms with E-state index < -0.39 is 0 Å². The van der Waals surface area contributed by atoms with Crippen molar-refractivity contribution < 1.29 is 9.59 Å². The van der Waals surface area contributed by atoms with Crippen molar-refractivity contribution in [3.05, 3.63) is 66.0 Å². The highest BCUT2D eigenvalue weighted by Gasteiger charge is 2.10. The van der Waals surface area contributed by atoms with Crippen molar-refractivity contribution in [1.82, 2.24) is 10.3 Å². The zero-order valence-corrected chi connectivity index (χ0v) is 11.3. The van der Waals surface area contributed by atoms with Crippen molar-refractivity contribution >= 4 is 17.3 Å². The van der Waals surface area contributed by atoms with Crippen LogP contribution in [0.2, 0.25) is 0 Å². The first-order chi connectivity index (χ1) is 9.58. The summed E-state index contributed by atoms with van der Waals surface area (Å²) in [6.07, 6.45) is 1.53. The third kappa shape index (κ3) is 3.23. The Morgan fingerprint density at radius 1 is 1.20 bits per heavy atom. The molecule has 0 fully saturated rings. The van der Waals surface area contributed by atoms with Crippen LogP contribution in [0, 0.1) is 0 Å². The molecule has 0 spiro atoms. The fourth-order valence-corrected chi connectivity index (χ4v) is 1.79. The van der Waals surface area contributed by atoms with Gasteiger partial charge in [-0.25, -0.2) is 0 Å². The van der Waals surface area contributed by atoms with Gasteiger partial charge in [0.2, 0.25) is 0 Å². The maximum absolute atomic E-state index is 11.9. The Balaban J connectivity index is 1.95. The Morgan fingerprint density at radius 2 is 1.90 bits per heavy atom. The summed E-state index contributed by atoms with van der Waals surface area (Å²) < 4.78 is 0. The predicted octanol–water partition coefficient (Wildman–Crippen LogP) is 2.66. The zero-order valence-electron chi connectivity index (χ0n) is 11.3. The van der Waals surface area contributed by atoms with Gasteiger partial charge in [-0.3, -0.25) is 9.59 Å². The van der Waals surface area contributed by atoms with E-state index in [-0.39, 0.29) is 11.7 Å². The van der Waals surface area contributed by atoms with Crippen LogP contribution in [-0.2, 0) is 0 Å². The van der Waals surface area contributed by atoms with E-state index in [2.05, 4.69) is 16.9 Å². The molecule has 2 rings (SSSR count). The first kappa shape index (κ1) is 13.8. The maximum Gasteiger partial charge on any atom is 0.267 e. The van der Waals surface area contributed by atoms with Crippen molar-refractivity contribution in [2.45, 2.75) is 6.92 Å². The number of amides is 1. The number of nitrogens with one attached hydrogen (secondary N) is 2. The molecule has 0 atom stereocenters. The van der Waals surface area contributed by atoms with Crippen molar-refractivity contribution in [1.29, 1.82) is 0 Å². The fourth-order valence-electron chi connectivity index (χ4n) is 1.79. The van der Waals surface area contributed by atoms with E-state index in [9.17, 15) is 9.59 Å². The van der Waals surface area contributed by atoms with Gasteiger partial charge < -0.3 is 10.3 Å². The molecule has 1 aromatic carbocycles. The van der Waals surface area contributed by atoms with E-state index in [0.717, 1.165) is 11.1 Å². The average Bonchev–Trinajstić information content (AvgIpc) is 2.95. The number of aromatic amines is 1. The Morgan fingerprint density at radius 3 is 2.50 bits per heavy atom. The van der Waals surface area contributed by atoms with Gasteiger partial charge in [0, 0.05) is 18.3 Å². The standard InChI is InChI=1S/C16H16N2O2/c1-11(13-6-4-3-5-7-13)9-18-16(20)15-8-14(10-17-15)12(2)19/h3-8,10,17H,1,9H2,2H3,(H,18,20). The number of ketones is 1. The number of carbonyl (C=O) groups is 2. The molecule has 0 radical (unpaired) electrons. The highest BCUT2D eigenvalue weighted by molar-refractivity contribution is 5.99. The number of Topliss-reactive ketones (excluding diaryl/α,β-unsaturated/α-hetero) is 1. The SMILES string of the molecule is C=C(CNC(=O)c1cc(C(C)=O)c[nH]1)c1ccccc1. The second-order valence-electron chi connectivity index (χ2n) is 4.51. The quantitative estimate of drug-likeness (QED) is 0.819. The minimum Gasteiger partial charge on any atom is -0.356 e. The molecule has 1 heterocycles. The van der Waals surface area contributed by atoms with Gasteiger partial charge in [0.15, 0.2) is 5.78 Å². The van der Waals surface area contributed by atoms with Gasteiger partial charge in [-0.05, 0) is 24.1 Å². The van der Waals surface area contributed by atoms with Crippen molar-refractivity contribution in [3.8, 4) is 0 Å². The molecule has 0 bridgehead atoms. The minimum atomic E-state index is -0.255. The summed E-state index contributed by atoms with van der Waals surface area (Å²) in [7, 11) is 0. The summed E-state index contributed by atoms with van der Waals surface area (Å²) in [5.41, 5.74) is 2.69. The largest absolute Gasteiger partial charge is 0.356 e. The van der Waals surface area contributed by atoms with Gasteiger partial charge in [0.05, 0.1) is 0 Å². The molecule has 1 amide bonds. The number of benzene rings is 1. The van der Waals surface area contributed by atoms with E-state index in [4.69, 9.17) is 0 Å². The van der Waals surface area contributed by atoms with Gasteiger partial charge in [0.25, 0.3) is 5.91 Å². The summed E-state index contributed by atoms with van der Waals surface area (Å²) in [6.45, 7) is 5.76. The third-order valence-electron chi connectivity index (χ3n) is 2.98. The lowest BCUT2D eigenvalue weighted by molar-refractivity contribution is 0.0954. The van der Waals surface area contributed by atoms with Crippen molar-refractivity contribution in [2.75, 3.05) is 6.54 Å². The molecule has 0 saturated carbocycles. The Bertz CT molecular complexity index is 642. The number of hydrogen-bond acceptors (Lipinski definition) is 2. The number of aromatic nitrogens is 1. The molecule has 0 aliphatic rings. The molecule has 4 heteroatoms. The van der Waals surface area contributed by atoms with Crippen LogP contribution < -0.4 is 5.32 Å². The summed E-state index contributed by atoms with van der Waals surface area (Å²) in [5.74, 6) is -0.330. The molecule has 2 aromatic rings. The van der Waals surface area contributed by atoms with Crippen LogP contribution in [0.4, 0.5) is 0 Å². The number of hydrogen-bond donors (Lipinski definition) is 2. The second kappa shape index (κ2) is 6.02. The Hall–Kier alpha value is -2.62. The summed E-state index contributed by atoms with van der Waals surface area (Å²) >= 11 is 0. The van der Waals surface area contributed by atoms with Gasteiger partial charge in [-0.1, -0.05) is 36.9 Å². The van der Waals surface area contributed by atoms with Gasteiger partial charge in [-0.15, -0.1) is 0 Å². The highest BCUT2D eigenvalue weighted by atomic mass is 16.2. The zero-order chi connectivity index (χ0) is 14.5. The number of carbonyl (C=O) groups excluding carboxylic acids is 2. The van der Waals surface area contributed by atoms with Gasteiger partial charge in [0.1, 0.15) is 5.69 Å². The first-order valence-corrected chi connectivity index (χ1v) is 6.28. The first-order valence-electron chi connectivity index (χ1n) is 6.28. The number of rotatable bonds is 5. The van der Waals surface area contributed by atoms with Gasteiger partial charge >= 0.3 is 0 Å². The average molecular weight is 268 g/mol. The third-order valence-corrected chi connectivity index (χ3v) is 2.98. The second-order valence-corrected chi connectivity index (χ2v) is 4.51. The van der Waals surface area contributed by atoms with Crippen molar-refractivity contribution in [2.24, 2.45) is 0 Å². The summed E-state index contributed by atoms with van der Waals surface area (Å²) in [6, 6.07) is 11.2. The molecular weight excluding hydrogens is 252 g/mol. The maximum atomic E-state index is 11.9. The molecule has 0 saturated heterocycles. The molecule has 0 aliphatic heterocycles. The van der Waals surface area contributed by atoms with E-state index >= 15 is 0 Å². The van der Waals surface area contributed by atoms with Crippen LogP contribution >= 0.6 is 0 Å². The van der Waals surface area contributed by atoms with Gasteiger partial charge in [-0.2, -0.15) is 0 Å². The predicted molar refractivity (Wildman–Crippen MR) is 78.6 cm³/mol. The van der Waals surface area contributed by atoms with E-state index in [1.165, 1.54) is 13.1 Å². The summed E-state index contributed by atoms with van der Waals surface area (Å²) in [5, 5.41) is 2.77. The van der Waals surface area contributed by atoms with Crippen LogP contribution in [0.3, 0.4) is 0 Å². The molecule has 20 heavy (non-hydrogen) atoms. The molecular formula is C16H16N2O2. The topological polar surface area (TPSA) is 62.0 Å². The van der Waals surface area contributed by atoms with Crippen molar-refractivity contribution in [3.63, 3.8) is 0 Å². The number of H-pyrrole nitrogens is 1. The van der Waals surface area contributed by atoms with E-state index in [1.807, 2.05) is 30.3 Å². The molecule has 0 aliphatic carbocycles. The normalized spacial score (nSPS) is 10.1. The van der Waals surface area contributed by atoms with E-state index in [0.29, 0.717) is 17.8 Å². The molecule has 4 nitrogen and oxygen atoms in total. The molecule has 2 N–H and O–H groups in total. The lowest BCUT2D eigenvalue weighted by atomic mass is 10.1. The molecule has 1 aromatic heterocycles. The smallest absolute Gasteiger partial charge is 0.267 e. The fraction of sp³-hybridized carbons (Fsp3) is 0.125. The van der Waals surface area contributed by atoms with Crippen LogP contribution in [-0.4, -0.2) is 23.2 Å². The Labute approximate surface area is 117 Å². The van der Waals surface area contributed by atoms with Crippen LogP contribution in [0.15, 0.2) is 49.2 Å².